The van der Waals surface area contributed by atoms with Crippen LogP contribution in [-0.2, 0) is 16.6 Å². The Bertz CT molecular complexity index is 1290. The van der Waals surface area contributed by atoms with E-state index in [0.717, 1.165) is 22.3 Å². The molecule has 2 N–H and O–H groups in total. The molecular formula is C26H26N4O5. The smallest absolute Gasteiger partial charge is 0.412 e. The summed E-state index contributed by atoms with van der Waals surface area (Å²) in [5, 5.41) is 16.4. The van der Waals surface area contributed by atoms with Crippen LogP contribution in [0.15, 0.2) is 54.7 Å². The Labute approximate surface area is 202 Å². The molecule has 0 saturated carbocycles. The zero-order valence-corrected chi connectivity index (χ0v) is 19.5. The Morgan fingerprint density at radius 2 is 1.74 bits per heavy atom. The molecule has 1 aromatic heterocycles. The van der Waals surface area contributed by atoms with E-state index in [4.69, 9.17) is 4.74 Å². The van der Waals surface area contributed by atoms with Crippen LogP contribution >= 0.6 is 0 Å². The molecule has 1 aliphatic heterocycles. The first kappa shape index (κ1) is 22.6. The number of carboxylic acid groups (broad SMARTS) is 1. The second-order valence-corrected chi connectivity index (χ2v) is 9.12. The van der Waals surface area contributed by atoms with Crippen LogP contribution in [0.25, 0.3) is 11.1 Å². The number of nitrogens with one attached hydrogen (secondary N) is 1. The molecular weight excluding hydrogens is 448 g/mol. The van der Waals surface area contributed by atoms with E-state index in [1.54, 1.807) is 7.05 Å². The number of benzene rings is 2. The van der Waals surface area contributed by atoms with Gasteiger partial charge in [0.25, 0.3) is 5.91 Å². The number of likely N-dealkylation sites (tertiary alicyclic amines) is 1. The maximum atomic E-state index is 13.2. The van der Waals surface area contributed by atoms with Gasteiger partial charge >= 0.3 is 12.1 Å². The van der Waals surface area contributed by atoms with Crippen LogP contribution in [0.1, 0.15) is 47.2 Å². The summed E-state index contributed by atoms with van der Waals surface area (Å²) in [6.07, 6.45) is 1.57. The fourth-order valence-corrected chi connectivity index (χ4v) is 5.13. The van der Waals surface area contributed by atoms with Crippen molar-refractivity contribution in [2.75, 3.05) is 18.5 Å². The van der Waals surface area contributed by atoms with Crippen LogP contribution in [-0.4, -0.2) is 56.4 Å². The standard InChI is InChI=1S/C26H26N4O5/c1-26(24(32)33)12-7-13-30(26)23(31)20-14-27-29(2)22(20)28-25(34)35-15-21-18-10-5-3-8-16(18)17-9-4-6-11-19(17)21/h3-6,8-11,14,21H,7,12-13,15H2,1-2H3,(H,28,34)(H,32,33)/t26-/m1/s1. The number of hydrogen-bond donors (Lipinski definition) is 2. The molecule has 2 heterocycles. The topological polar surface area (TPSA) is 114 Å². The summed E-state index contributed by atoms with van der Waals surface area (Å²) in [6.45, 7) is 1.99. The van der Waals surface area contributed by atoms with Crippen molar-refractivity contribution in [1.82, 2.24) is 14.7 Å². The number of carbonyl (C=O) groups excluding carboxylic acids is 2. The average molecular weight is 475 g/mol. The van der Waals surface area contributed by atoms with Gasteiger partial charge in [0.15, 0.2) is 0 Å². The molecule has 2 aromatic carbocycles. The lowest BCUT2D eigenvalue weighted by molar-refractivity contribution is -0.147. The average Bonchev–Trinajstić information content (AvgIpc) is 3.52. The van der Waals surface area contributed by atoms with Gasteiger partial charge in [0.2, 0.25) is 0 Å². The molecule has 3 aromatic rings. The highest BCUT2D eigenvalue weighted by molar-refractivity contribution is 6.03. The fraction of sp³-hybridized carbons (Fsp3) is 0.308. The van der Waals surface area contributed by atoms with Crippen molar-refractivity contribution in [3.8, 4) is 11.1 Å². The molecule has 2 amide bonds. The Hall–Kier alpha value is -4.14. The highest BCUT2D eigenvalue weighted by Gasteiger charge is 2.47. The van der Waals surface area contributed by atoms with Crippen LogP contribution in [0.3, 0.4) is 0 Å². The first-order valence-corrected chi connectivity index (χ1v) is 11.5. The minimum absolute atomic E-state index is 0.0957. The van der Waals surface area contributed by atoms with Gasteiger partial charge in [-0.15, -0.1) is 0 Å². The number of anilines is 1. The second kappa shape index (κ2) is 8.57. The van der Waals surface area contributed by atoms with Gasteiger partial charge < -0.3 is 14.7 Å². The first-order chi connectivity index (χ1) is 16.8. The summed E-state index contributed by atoms with van der Waals surface area (Å²) in [5.74, 6) is -1.48. The monoisotopic (exact) mass is 474 g/mol. The second-order valence-electron chi connectivity index (χ2n) is 9.12. The molecule has 180 valence electrons. The van der Waals surface area contributed by atoms with E-state index in [9.17, 15) is 19.5 Å². The summed E-state index contributed by atoms with van der Waals surface area (Å²) < 4.78 is 6.96. The Morgan fingerprint density at radius 3 is 2.37 bits per heavy atom. The number of ether oxygens (including phenoxy) is 1. The van der Waals surface area contributed by atoms with E-state index in [2.05, 4.69) is 22.5 Å². The summed E-state index contributed by atoms with van der Waals surface area (Å²) in [5.41, 5.74) is 3.27. The van der Waals surface area contributed by atoms with Gasteiger partial charge in [-0.05, 0) is 42.0 Å². The number of amides is 2. The molecule has 9 nitrogen and oxygen atoms in total. The SMILES string of the molecule is Cn1ncc(C(=O)N2CCC[C@]2(C)C(=O)O)c1NC(=O)OCC1c2ccccc2-c2ccccc21. The molecule has 5 rings (SSSR count). The lowest BCUT2D eigenvalue weighted by Gasteiger charge is -2.31. The highest BCUT2D eigenvalue weighted by atomic mass is 16.5. The third kappa shape index (κ3) is 3.73. The van der Waals surface area contributed by atoms with Crippen molar-refractivity contribution < 1.29 is 24.2 Å². The Kier molecular flexibility index (Phi) is 5.55. The van der Waals surface area contributed by atoms with Crippen molar-refractivity contribution in [3.63, 3.8) is 0 Å². The lowest BCUT2D eigenvalue weighted by atomic mass is 9.98. The predicted octanol–water partition coefficient (Wildman–Crippen LogP) is 3.86. The number of carbonyl (C=O) groups is 3. The third-order valence-electron chi connectivity index (χ3n) is 7.08. The molecule has 9 heteroatoms. The van der Waals surface area contributed by atoms with Gasteiger partial charge in [0.1, 0.15) is 23.5 Å². The maximum absolute atomic E-state index is 13.2. The van der Waals surface area contributed by atoms with Crippen molar-refractivity contribution in [2.45, 2.75) is 31.2 Å². The summed E-state index contributed by atoms with van der Waals surface area (Å²) in [7, 11) is 1.59. The number of aromatic nitrogens is 2. The number of aliphatic carboxylic acids is 1. The normalized spacial score (nSPS) is 18.7. The molecule has 1 fully saturated rings. The zero-order chi connectivity index (χ0) is 24.7. The van der Waals surface area contributed by atoms with E-state index in [1.807, 2.05) is 36.4 Å². The van der Waals surface area contributed by atoms with E-state index in [-0.39, 0.29) is 23.9 Å². The van der Waals surface area contributed by atoms with Gasteiger partial charge in [0.05, 0.1) is 6.20 Å². The largest absolute Gasteiger partial charge is 0.480 e. The number of aryl methyl sites for hydroxylation is 1. The number of nitrogens with zero attached hydrogens (tertiary/aromatic N) is 3. The molecule has 1 aliphatic carbocycles. The molecule has 0 spiro atoms. The van der Waals surface area contributed by atoms with E-state index < -0.39 is 23.5 Å². The van der Waals surface area contributed by atoms with Crippen LogP contribution in [0, 0.1) is 0 Å². The van der Waals surface area contributed by atoms with Gasteiger partial charge in [-0.2, -0.15) is 5.10 Å². The highest BCUT2D eigenvalue weighted by Crippen LogP contribution is 2.44. The summed E-state index contributed by atoms with van der Waals surface area (Å²) in [4.78, 5) is 39.2. The van der Waals surface area contributed by atoms with Crippen molar-refractivity contribution in [2.24, 2.45) is 7.05 Å². The number of rotatable bonds is 5. The van der Waals surface area contributed by atoms with E-state index in [1.165, 1.54) is 22.7 Å². The minimum atomic E-state index is -1.30. The molecule has 1 saturated heterocycles. The minimum Gasteiger partial charge on any atom is -0.480 e. The van der Waals surface area contributed by atoms with Crippen molar-refractivity contribution in [3.05, 3.63) is 71.4 Å². The van der Waals surface area contributed by atoms with Crippen molar-refractivity contribution in [1.29, 1.82) is 0 Å². The van der Waals surface area contributed by atoms with Crippen LogP contribution in [0.5, 0.6) is 0 Å². The zero-order valence-electron chi connectivity index (χ0n) is 19.5. The van der Waals surface area contributed by atoms with E-state index >= 15 is 0 Å². The lowest BCUT2D eigenvalue weighted by Crippen LogP contribution is -2.50. The molecule has 0 bridgehead atoms. The van der Waals surface area contributed by atoms with Crippen molar-refractivity contribution >= 4 is 23.8 Å². The number of carboxylic acids is 1. The van der Waals surface area contributed by atoms with Crippen LogP contribution < -0.4 is 5.32 Å². The number of hydrogen-bond acceptors (Lipinski definition) is 5. The predicted molar refractivity (Wildman–Crippen MR) is 128 cm³/mol. The van der Waals surface area contributed by atoms with Gasteiger partial charge in [0, 0.05) is 19.5 Å². The Morgan fingerprint density at radius 1 is 1.11 bits per heavy atom. The van der Waals surface area contributed by atoms with Crippen LogP contribution in [0.2, 0.25) is 0 Å². The molecule has 2 aliphatic rings. The first-order valence-electron chi connectivity index (χ1n) is 11.5. The molecule has 35 heavy (non-hydrogen) atoms. The Balaban J connectivity index is 1.32. The molecule has 0 radical (unpaired) electrons. The maximum Gasteiger partial charge on any atom is 0.412 e. The van der Waals surface area contributed by atoms with Gasteiger partial charge in [-0.3, -0.25) is 14.8 Å². The fourth-order valence-electron chi connectivity index (χ4n) is 5.13. The summed E-state index contributed by atoms with van der Waals surface area (Å²) in [6, 6.07) is 16.1. The molecule has 0 unspecified atom stereocenters. The number of fused-ring (bicyclic) bond motifs is 3. The van der Waals surface area contributed by atoms with Gasteiger partial charge in [-0.25, -0.2) is 9.59 Å². The third-order valence-corrected chi connectivity index (χ3v) is 7.08. The van der Waals surface area contributed by atoms with Crippen LogP contribution in [0.4, 0.5) is 10.6 Å². The summed E-state index contributed by atoms with van der Waals surface area (Å²) >= 11 is 0. The molecule has 1 atom stereocenters. The quantitative estimate of drug-likeness (QED) is 0.581. The van der Waals surface area contributed by atoms with E-state index in [0.29, 0.717) is 19.4 Å². The van der Waals surface area contributed by atoms with Gasteiger partial charge in [-0.1, -0.05) is 48.5 Å².